The number of piperidine rings is 1. The molecule has 1 N–H and O–H groups in total. The van der Waals surface area contributed by atoms with Crippen LogP contribution in [0.25, 0.3) is 11.4 Å². The van der Waals surface area contributed by atoms with Gasteiger partial charge in [0.05, 0.1) is 0 Å². The second kappa shape index (κ2) is 11.6. The van der Waals surface area contributed by atoms with Crippen molar-refractivity contribution in [2.75, 3.05) is 37.6 Å². The number of amides is 1. The smallest absolute Gasteiger partial charge is 0.406 e. The number of hydrogen-bond acceptors (Lipinski definition) is 7. The Balaban J connectivity index is 1.04. The molecule has 2 saturated heterocycles. The van der Waals surface area contributed by atoms with E-state index in [-0.39, 0.29) is 23.4 Å². The Morgan fingerprint density at radius 2 is 1.77 bits per heavy atom. The Kier molecular flexibility index (Phi) is 8.06. The number of nitrogens with zero attached hydrogens (tertiary/aromatic N) is 4. The summed E-state index contributed by atoms with van der Waals surface area (Å²) in [6.07, 6.45) is -2.31. The number of ether oxygens (including phenoxy) is 1. The van der Waals surface area contributed by atoms with Crippen molar-refractivity contribution in [3.05, 3.63) is 59.7 Å². The van der Waals surface area contributed by atoms with Crippen LogP contribution in [-0.2, 0) is 11.3 Å². The SMILES string of the molecule is Cc1ccc(CN2CCC(CNC(=O)C3CCN(c4nc(-c5ccc(OC(F)(F)F)cc5)no4)CC3)C2)cc1. The first kappa shape index (κ1) is 27.0. The maximum Gasteiger partial charge on any atom is 0.573 e. The molecule has 2 aliphatic heterocycles. The van der Waals surface area contributed by atoms with Gasteiger partial charge in [0.1, 0.15) is 5.75 Å². The second-order valence-electron chi connectivity index (χ2n) is 10.4. The molecule has 5 rings (SSSR count). The van der Waals surface area contributed by atoms with Crippen molar-refractivity contribution in [3.8, 4) is 17.1 Å². The first-order valence-corrected chi connectivity index (χ1v) is 13.2. The number of benzene rings is 2. The largest absolute Gasteiger partial charge is 0.573 e. The molecule has 1 atom stereocenters. The third-order valence-corrected chi connectivity index (χ3v) is 7.36. The fourth-order valence-corrected chi connectivity index (χ4v) is 5.16. The zero-order chi connectivity index (χ0) is 27.4. The van der Waals surface area contributed by atoms with Gasteiger partial charge in [0.2, 0.25) is 11.7 Å². The van der Waals surface area contributed by atoms with Gasteiger partial charge in [0.15, 0.2) is 0 Å². The number of aromatic nitrogens is 2. The molecule has 0 radical (unpaired) electrons. The van der Waals surface area contributed by atoms with E-state index in [4.69, 9.17) is 4.52 Å². The number of halogens is 3. The fraction of sp³-hybridized carbons (Fsp3) is 0.464. The van der Waals surface area contributed by atoms with Crippen molar-refractivity contribution >= 4 is 11.9 Å². The second-order valence-corrected chi connectivity index (χ2v) is 10.4. The summed E-state index contributed by atoms with van der Waals surface area (Å²) in [5.74, 6) is 0.457. The number of carbonyl (C=O) groups excluding carboxylic acids is 1. The van der Waals surface area contributed by atoms with Gasteiger partial charge in [-0.05, 0) is 68.5 Å². The summed E-state index contributed by atoms with van der Waals surface area (Å²) in [5, 5.41) is 7.12. The molecule has 0 bridgehead atoms. The first-order valence-electron chi connectivity index (χ1n) is 13.2. The molecular weight excluding hydrogens is 511 g/mol. The molecule has 0 spiro atoms. The van der Waals surface area contributed by atoms with Crippen LogP contribution in [-0.4, -0.2) is 60.0 Å². The third kappa shape index (κ3) is 7.29. The zero-order valence-electron chi connectivity index (χ0n) is 21.8. The highest BCUT2D eigenvalue weighted by Gasteiger charge is 2.31. The van der Waals surface area contributed by atoms with E-state index in [0.29, 0.717) is 50.0 Å². The van der Waals surface area contributed by atoms with Crippen molar-refractivity contribution in [1.82, 2.24) is 20.4 Å². The number of nitrogens with one attached hydrogen (secondary N) is 1. The molecule has 3 heterocycles. The van der Waals surface area contributed by atoms with E-state index in [1.165, 1.54) is 35.4 Å². The molecule has 208 valence electrons. The predicted molar refractivity (Wildman–Crippen MR) is 139 cm³/mol. The maximum absolute atomic E-state index is 12.8. The molecule has 0 aliphatic carbocycles. The molecule has 2 aromatic carbocycles. The van der Waals surface area contributed by atoms with Crippen LogP contribution >= 0.6 is 0 Å². The van der Waals surface area contributed by atoms with E-state index in [1.54, 1.807) is 0 Å². The highest BCUT2D eigenvalue weighted by atomic mass is 19.4. The quantitative estimate of drug-likeness (QED) is 0.437. The number of likely N-dealkylation sites (tertiary alicyclic amines) is 1. The molecule has 2 fully saturated rings. The lowest BCUT2D eigenvalue weighted by Gasteiger charge is -2.30. The minimum Gasteiger partial charge on any atom is -0.406 e. The van der Waals surface area contributed by atoms with Crippen LogP contribution in [0.4, 0.5) is 19.2 Å². The van der Waals surface area contributed by atoms with Crippen LogP contribution in [0.15, 0.2) is 53.1 Å². The lowest BCUT2D eigenvalue weighted by Crippen LogP contribution is -2.42. The topological polar surface area (TPSA) is 83.7 Å². The monoisotopic (exact) mass is 543 g/mol. The van der Waals surface area contributed by atoms with Gasteiger partial charge in [-0.25, -0.2) is 0 Å². The van der Waals surface area contributed by atoms with Gasteiger partial charge in [-0.15, -0.1) is 13.2 Å². The van der Waals surface area contributed by atoms with Crippen LogP contribution in [0.5, 0.6) is 5.75 Å². The normalized spacial score (nSPS) is 18.9. The first-order chi connectivity index (χ1) is 18.7. The lowest BCUT2D eigenvalue weighted by atomic mass is 9.96. The highest BCUT2D eigenvalue weighted by molar-refractivity contribution is 5.79. The fourth-order valence-electron chi connectivity index (χ4n) is 5.16. The van der Waals surface area contributed by atoms with Crippen LogP contribution in [0.1, 0.15) is 30.4 Å². The van der Waals surface area contributed by atoms with Crippen LogP contribution in [0.2, 0.25) is 0 Å². The molecule has 1 aromatic heterocycles. The number of alkyl halides is 3. The Labute approximate surface area is 225 Å². The molecule has 39 heavy (non-hydrogen) atoms. The van der Waals surface area contributed by atoms with Crippen LogP contribution in [0, 0.1) is 18.8 Å². The van der Waals surface area contributed by atoms with Crippen molar-refractivity contribution < 1.29 is 27.2 Å². The average molecular weight is 544 g/mol. The van der Waals surface area contributed by atoms with Gasteiger partial charge < -0.3 is 19.5 Å². The number of carbonyl (C=O) groups is 1. The number of hydrogen-bond donors (Lipinski definition) is 1. The van der Waals surface area contributed by atoms with E-state index >= 15 is 0 Å². The van der Waals surface area contributed by atoms with Gasteiger partial charge in [0, 0.05) is 44.2 Å². The Morgan fingerprint density at radius 3 is 2.46 bits per heavy atom. The lowest BCUT2D eigenvalue weighted by molar-refractivity contribution is -0.274. The maximum atomic E-state index is 12.8. The summed E-state index contributed by atoms with van der Waals surface area (Å²) in [6, 6.07) is 14.3. The number of rotatable bonds is 8. The van der Waals surface area contributed by atoms with Gasteiger partial charge in [-0.1, -0.05) is 35.0 Å². The summed E-state index contributed by atoms with van der Waals surface area (Å²) in [5.41, 5.74) is 3.09. The summed E-state index contributed by atoms with van der Waals surface area (Å²) in [7, 11) is 0. The summed E-state index contributed by atoms with van der Waals surface area (Å²) < 4.78 is 46.4. The average Bonchev–Trinajstić information content (AvgIpc) is 3.58. The van der Waals surface area contributed by atoms with Crippen LogP contribution in [0.3, 0.4) is 0 Å². The van der Waals surface area contributed by atoms with E-state index in [1.807, 2.05) is 4.90 Å². The Hall–Kier alpha value is -3.60. The predicted octanol–water partition coefficient (Wildman–Crippen LogP) is 4.80. The van der Waals surface area contributed by atoms with E-state index < -0.39 is 6.36 Å². The van der Waals surface area contributed by atoms with Crippen molar-refractivity contribution in [1.29, 1.82) is 0 Å². The van der Waals surface area contributed by atoms with Crippen LogP contribution < -0.4 is 15.0 Å². The third-order valence-electron chi connectivity index (χ3n) is 7.36. The summed E-state index contributed by atoms with van der Waals surface area (Å²) in [6.45, 7) is 6.98. The molecular formula is C28H32F3N5O3. The Bertz CT molecular complexity index is 1240. The van der Waals surface area contributed by atoms with Crippen molar-refractivity contribution in [3.63, 3.8) is 0 Å². The van der Waals surface area contributed by atoms with Crippen molar-refractivity contribution in [2.24, 2.45) is 11.8 Å². The minimum atomic E-state index is -4.75. The van der Waals surface area contributed by atoms with Gasteiger partial charge >= 0.3 is 12.4 Å². The molecule has 2 aliphatic rings. The zero-order valence-corrected chi connectivity index (χ0v) is 21.8. The molecule has 1 amide bonds. The van der Waals surface area contributed by atoms with Gasteiger partial charge in [-0.2, -0.15) is 4.98 Å². The Morgan fingerprint density at radius 1 is 1.05 bits per heavy atom. The molecule has 1 unspecified atom stereocenters. The minimum absolute atomic E-state index is 0.0603. The van der Waals surface area contributed by atoms with Gasteiger partial charge in [-0.3, -0.25) is 9.69 Å². The van der Waals surface area contributed by atoms with Gasteiger partial charge in [0.25, 0.3) is 0 Å². The molecule has 11 heteroatoms. The number of anilines is 1. The standard InChI is InChI=1S/C28H32F3N5O3/c1-19-2-4-20(5-3-19)17-35-13-10-21(18-35)16-32-26(37)23-11-14-36(15-12-23)27-33-25(34-39-27)22-6-8-24(9-7-22)38-28(29,30)31/h2-9,21,23H,10-18H2,1H3,(H,32,37). The molecule has 3 aromatic rings. The van der Waals surface area contributed by atoms with E-state index in [0.717, 1.165) is 26.1 Å². The van der Waals surface area contributed by atoms with Crippen molar-refractivity contribution in [2.45, 2.75) is 39.1 Å². The summed E-state index contributed by atoms with van der Waals surface area (Å²) in [4.78, 5) is 21.6. The summed E-state index contributed by atoms with van der Waals surface area (Å²) >= 11 is 0. The molecule has 8 nitrogen and oxygen atoms in total. The number of aryl methyl sites for hydroxylation is 1. The van der Waals surface area contributed by atoms with E-state index in [2.05, 4.69) is 56.3 Å². The van der Waals surface area contributed by atoms with E-state index in [9.17, 15) is 18.0 Å². The highest BCUT2D eigenvalue weighted by Crippen LogP contribution is 2.28. The molecule has 0 saturated carbocycles.